The molecule has 0 unspecified atom stereocenters. The fourth-order valence-corrected chi connectivity index (χ4v) is 2.87. The van der Waals surface area contributed by atoms with Gasteiger partial charge in [-0.25, -0.2) is 0 Å². The molecule has 5 heteroatoms. The Bertz CT molecular complexity index is 644. The van der Waals surface area contributed by atoms with Crippen molar-refractivity contribution in [1.82, 2.24) is 5.32 Å². The highest BCUT2D eigenvalue weighted by atomic mass is 35.5. The molecule has 1 fully saturated rings. The summed E-state index contributed by atoms with van der Waals surface area (Å²) in [6, 6.07) is 16.5. The summed E-state index contributed by atoms with van der Waals surface area (Å²) in [5, 5.41) is 3.33. The van der Waals surface area contributed by atoms with Gasteiger partial charge in [0.1, 0.15) is 24.2 Å². The number of morpholine rings is 1. The molecule has 1 N–H and O–H groups in total. The van der Waals surface area contributed by atoms with Crippen LogP contribution in [0.1, 0.15) is 11.1 Å². The summed E-state index contributed by atoms with van der Waals surface area (Å²) in [4.78, 5) is 0. The van der Waals surface area contributed by atoms with Gasteiger partial charge in [0.05, 0.1) is 13.7 Å². The molecule has 0 aromatic heterocycles. The first-order chi connectivity index (χ1) is 11.8. The maximum atomic E-state index is 6.02. The summed E-state index contributed by atoms with van der Waals surface area (Å²) < 4.78 is 17.0. The van der Waals surface area contributed by atoms with Gasteiger partial charge in [-0.05, 0) is 42.2 Å². The maximum Gasteiger partial charge on any atom is 0.122 e. The molecule has 1 saturated heterocycles. The molecule has 2 aromatic carbocycles. The molecule has 1 heterocycles. The average Bonchev–Trinajstić information content (AvgIpc) is 2.66. The van der Waals surface area contributed by atoms with E-state index in [0.717, 1.165) is 44.0 Å². The summed E-state index contributed by atoms with van der Waals surface area (Å²) in [6.45, 7) is 3.12. The fourth-order valence-electron chi connectivity index (χ4n) is 2.87. The van der Waals surface area contributed by atoms with Crippen LogP contribution < -0.4 is 14.8 Å². The highest BCUT2D eigenvalue weighted by molar-refractivity contribution is 5.85. The van der Waals surface area contributed by atoms with Crippen molar-refractivity contribution in [2.45, 2.75) is 18.9 Å². The standard InChI is InChI=1S/C20H25NO3.ClH/c1-22-18-7-4-5-16(13-18)9-10-17-6-2-3-8-20(17)24-15-19-14-21-11-12-23-19;/h2-8,13,19,21H,9-12,14-15H2,1H3;1H/t19-;/m0./s1. The molecular weight excluding hydrogens is 338 g/mol. The molecule has 1 atom stereocenters. The minimum atomic E-state index is 0. The van der Waals surface area contributed by atoms with E-state index >= 15 is 0 Å². The van der Waals surface area contributed by atoms with Crippen molar-refractivity contribution >= 4 is 12.4 Å². The number of para-hydroxylation sites is 1. The van der Waals surface area contributed by atoms with E-state index in [4.69, 9.17) is 14.2 Å². The quantitative estimate of drug-likeness (QED) is 0.819. The molecule has 136 valence electrons. The molecule has 1 aliphatic heterocycles. The van der Waals surface area contributed by atoms with Gasteiger partial charge >= 0.3 is 0 Å². The first-order valence-electron chi connectivity index (χ1n) is 8.51. The van der Waals surface area contributed by atoms with Crippen LogP contribution in [-0.2, 0) is 17.6 Å². The highest BCUT2D eigenvalue weighted by Crippen LogP contribution is 2.22. The molecule has 1 aliphatic rings. The van der Waals surface area contributed by atoms with Gasteiger partial charge in [-0.3, -0.25) is 0 Å². The molecule has 25 heavy (non-hydrogen) atoms. The first kappa shape index (κ1) is 19.6. The Kier molecular flexibility index (Phi) is 8.06. The topological polar surface area (TPSA) is 39.7 Å². The van der Waals surface area contributed by atoms with Crippen LogP contribution in [0.2, 0.25) is 0 Å². The summed E-state index contributed by atoms with van der Waals surface area (Å²) in [5.74, 6) is 1.86. The van der Waals surface area contributed by atoms with Crippen molar-refractivity contribution in [3.8, 4) is 11.5 Å². The highest BCUT2D eigenvalue weighted by Gasteiger charge is 2.14. The van der Waals surface area contributed by atoms with Gasteiger partial charge in [0.2, 0.25) is 0 Å². The first-order valence-corrected chi connectivity index (χ1v) is 8.51. The van der Waals surface area contributed by atoms with Crippen LogP contribution >= 0.6 is 12.4 Å². The van der Waals surface area contributed by atoms with Gasteiger partial charge in [0.25, 0.3) is 0 Å². The van der Waals surface area contributed by atoms with Gasteiger partial charge in [0, 0.05) is 13.1 Å². The van der Waals surface area contributed by atoms with Crippen molar-refractivity contribution in [3.63, 3.8) is 0 Å². The van der Waals surface area contributed by atoms with Crippen LogP contribution in [0.5, 0.6) is 11.5 Å². The largest absolute Gasteiger partial charge is 0.497 e. The minimum Gasteiger partial charge on any atom is -0.497 e. The lowest BCUT2D eigenvalue weighted by Gasteiger charge is -2.24. The van der Waals surface area contributed by atoms with E-state index < -0.39 is 0 Å². The van der Waals surface area contributed by atoms with Crippen LogP contribution in [0.4, 0.5) is 0 Å². The van der Waals surface area contributed by atoms with Crippen LogP contribution in [0.3, 0.4) is 0 Å². The molecular formula is C20H26ClNO3. The van der Waals surface area contributed by atoms with Crippen LogP contribution in [0.15, 0.2) is 48.5 Å². The molecule has 2 aromatic rings. The lowest BCUT2D eigenvalue weighted by atomic mass is 10.0. The summed E-state index contributed by atoms with van der Waals surface area (Å²) in [5.41, 5.74) is 2.49. The van der Waals surface area contributed by atoms with E-state index in [9.17, 15) is 0 Å². The number of rotatable bonds is 7. The van der Waals surface area contributed by atoms with Gasteiger partial charge in [0.15, 0.2) is 0 Å². The van der Waals surface area contributed by atoms with Crippen molar-refractivity contribution < 1.29 is 14.2 Å². The van der Waals surface area contributed by atoms with E-state index in [1.807, 2.05) is 24.3 Å². The minimum absolute atomic E-state index is 0. The lowest BCUT2D eigenvalue weighted by Crippen LogP contribution is -2.41. The molecule has 0 aliphatic carbocycles. The summed E-state index contributed by atoms with van der Waals surface area (Å²) in [6.07, 6.45) is 2.02. The van der Waals surface area contributed by atoms with Crippen LogP contribution in [0, 0.1) is 0 Å². The number of benzene rings is 2. The Labute approximate surface area is 155 Å². The van der Waals surface area contributed by atoms with Crippen molar-refractivity contribution in [1.29, 1.82) is 0 Å². The normalized spacial score (nSPS) is 16.8. The maximum absolute atomic E-state index is 6.02. The summed E-state index contributed by atoms with van der Waals surface area (Å²) in [7, 11) is 1.70. The van der Waals surface area contributed by atoms with Crippen LogP contribution in [-0.4, -0.2) is 39.5 Å². The molecule has 0 radical (unpaired) electrons. The van der Waals surface area contributed by atoms with Crippen molar-refractivity contribution in [3.05, 3.63) is 59.7 Å². The molecule has 4 nitrogen and oxygen atoms in total. The number of aryl methyl sites for hydroxylation is 2. The SMILES string of the molecule is COc1cccc(CCc2ccccc2OC[C@@H]2CNCCO2)c1.Cl. The predicted molar refractivity (Wildman–Crippen MR) is 102 cm³/mol. The average molecular weight is 364 g/mol. The third-order valence-electron chi connectivity index (χ3n) is 4.22. The second-order valence-electron chi connectivity index (χ2n) is 5.97. The Balaban J connectivity index is 0.00000225. The molecule has 0 spiro atoms. The number of halogens is 1. The van der Waals surface area contributed by atoms with Gasteiger partial charge in [-0.15, -0.1) is 12.4 Å². The van der Waals surface area contributed by atoms with Gasteiger partial charge < -0.3 is 19.5 Å². The number of ether oxygens (including phenoxy) is 3. The fraction of sp³-hybridized carbons (Fsp3) is 0.400. The Morgan fingerprint density at radius 1 is 1.12 bits per heavy atom. The molecule has 0 saturated carbocycles. The van der Waals surface area contributed by atoms with E-state index in [-0.39, 0.29) is 18.5 Å². The van der Waals surface area contributed by atoms with E-state index in [2.05, 4.69) is 29.6 Å². The zero-order chi connectivity index (χ0) is 16.6. The van der Waals surface area contributed by atoms with Gasteiger partial charge in [-0.2, -0.15) is 0 Å². The Morgan fingerprint density at radius 2 is 2.00 bits per heavy atom. The second kappa shape index (κ2) is 10.3. The predicted octanol–water partition coefficient (Wildman–Crippen LogP) is 3.27. The van der Waals surface area contributed by atoms with E-state index in [0.29, 0.717) is 6.61 Å². The van der Waals surface area contributed by atoms with E-state index in [1.54, 1.807) is 7.11 Å². The summed E-state index contributed by atoms with van der Waals surface area (Å²) >= 11 is 0. The molecule has 0 amide bonds. The van der Waals surface area contributed by atoms with E-state index in [1.165, 1.54) is 11.1 Å². The third-order valence-corrected chi connectivity index (χ3v) is 4.22. The number of hydrogen-bond donors (Lipinski definition) is 1. The second-order valence-corrected chi connectivity index (χ2v) is 5.97. The Hall–Kier alpha value is -1.75. The zero-order valence-electron chi connectivity index (χ0n) is 14.6. The van der Waals surface area contributed by atoms with Gasteiger partial charge in [-0.1, -0.05) is 30.3 Å². The number of methoxy groups -OCH3 is 1. The Morgan fingerprint density at radius 3 is 2.80 bits per heavy atom. The van der Waals surface area contributed by atoms with Crippen LogP contribution in [0.25, 0.3) is 0 Å². The third kappa shape index (κ3) is 5.92. The van der Waals surface area contributed by atoms with Crippen molar-refractivity contribution in [2.24, 2.45) is 0 Å². The molecule has 3 rings (SSSR count). The number of hydrogen-bond acceptors (Lipinski definition) is 4. The van der Waals surface area contributed by atoms with Crippen molar-refractivity contribution in [2.75, 3.05) is 33.4 Å². The zero-order valence-corrected chi connectivity index (χ0v) is 15.4. The lowest BCUT2D eigenvalue weighted by molar-refractivity contribution is 0.0000136. The number of nitrogens with one attached hydrogen (secondary N) is 1. The smallest absolute Gasteiger partial charge is 0.122 e. The monoisotopic (exact) mass is 363 g/mol. The molecule has 0 bridgehead atoms.